The van der Waals surface area contributed by atoms with Gasteiger partial charge in [0.15, 0.2) is 22.9 Å². The van der Waals surface area contributed by atoms with Gasteiger partial charge in [-0.25, -0.2) is 13.8 Å². The summed E-state index contributed by atoms with van der Waals surface area (Å²) < 4.78 is 48.0. The zero-order valence-corrected chi connectivity index (χ0v) is 19.1. The molecule has 0 radical (unpaired) electrons. The number of aromatic nitrogens is 1. The summed E-state index contributed by atoms with van der Waals surface area (Å²) in [6, 6.07) is 11.7. The van der Waals surface area contributed by atoms with Crippen molar-refractivity contribution in [2.24, 2.45) is 0 Å². The molecule has 0 saturated carbocycles. The van der Waals surface area contributed by atoms with E-state index in [1.807, 2.05) is 0 Å². The van der Waals surface area contributed by atoms with E-state index < -0.39 is 17.6 Å². The molecule has 4 aromatic rings. The second-order valence-electron chi connectivity index (χ2n) is 8.84. The van der Waals surface area contributed by atoms with Gasteiger partial charge >= 0.3 is 5.97 Å². The smallest absolute Gasteiger partial charge is 0.304 e. The van der Waals surface area contributed by atoms with Gasteiger partial charge in [0.25, 0.3) is 0 Å². The van der Waals surface area contributed by atoms with Crippen LogP contribution in [0.3, 0.4) is 0 Å². The first-order valence-electron chi connectivity index (χ1n) is 11.8. The highest BCUT2D eigenvalue weighted by Gasteiger charge is 2.29. The highest BCUT2D eigenvalue weighted by molar-refractivity contribution is 5.81. The molecule has 0 saturated heterocycles. The lowest BCUT2D eigenvalue weighted by molar-refractivity contribution is -0.136. The first-order chi connectivity index (χ1) is 17.5. The molecule has 6 rings (SSSR count). The highest BCUT2D eigenvalue weighted by Crippen LogP contribution is 2.40. The molecule has 2 heterocycles. The minimum atomic E-state index is -0.899. The molecule has 0 bridgehead atoms. The standard InChI is InChI=1S/C27H22F2N2O5/c28-24-15(14-4-7-21-22(12-14)35-11-10-34-21)2-1-3-17(24)27-31-20-13-18-16(25(29)26(20)36-27)5-6-19(18)30-9-8-23(32)33/h1-4,7,12-13,19,30H,5-6,8-11H2,(H,32,33)/t19-/m1/s1. The highest BCUT2D eigenvalue weighted by atomic mass is 19.1. The summed E-state index contributed by atoms with van der Waals surface area (Å²) in [5, 5.41) is 12.1. The van der Waals surface area contributed by atoms with Crippen molar-refractivity contribution in [1.82, 2.24) is 10.3 Å². The van der Waals surface area contributed by atoms with E-state index >= 15 is 8.78 Å². The monoisotopic (exact) mass is 492 g/mol. The van der Waals surface area contributed by atoms with Crippen molar-refractivity contribution in [2.45, 2.75) is 25.3 Å². The zero-order chi connectivity index (χ0) is 24.8. The summed E-state index contributed by atoms with van der Waals surface area (Å²) >= 11 is 0. The van der Waals surface area contributed by atoms with Crippen LogP contribution in [-0.4, -0.2) is 35.8 Å². The van der Waals surface area contributed by atoms with E-state index in [1.165, 1.54) is 0 Å². The molecule has 9 heteroatoms. The van der Waals surface area contributed by atoms with Crippen molar-refractivity contribution >= 4 is 17.1 Å². The molecule has 1 aliphatic heterocycles. The molecule has 0 spiro atoms. The Labute approximate surface area is 204 Å². The summed E-state index contributed by atoms with van der Waals surface area (Å²) in [4.78, 5) is 15.2. The molecule has 7 nitrogen and oxygen atoms in total. The van der Waals surface area contributed by atoms with Crippen molar-refractivity contribution < 1.29 is 32.6 Å². The predicted molar refractivity (Wildman–Crippen MR) is 127 cm³/mol. The van der Waals surface area contributed by atoms with Crippen LogP contribution in [0, 0.1) is 11.6 Å². The van der Waals surface area contributed by atoms with Gasteiger partial charge in [-0.1, -0.05) is 18.2 Å². The van der Waals surface area contributed by atoms with Gasteiger partial charge in [-0.05, 0) is 53.8 Å². The third-order valence-electron chi connectivity index (χ3n) is 6.63. The molecule has 184 valence electrons. The lowest BCUT2D eigenvalue weighted by atomic mass is 10.0. The first kappa shape index (κ1) is 22.5. The lowest BCUT2D eigenvalue weighted by Crippen LogP contribution is -2.22. The molecule has 3 aromatic carbocycles. The third kappa shape index (κ3) is 3.85. The Morgan fingerprint density at radius 3 is 2.69 bits per heavy atom. The molecule has 0 fully saturated rings. The molecule has 1 aliphatic carbocycles. The fourth-order valence-electron chi connectivity index (χ4n) is 4.91. The minimum Gasteiger partial charge on any atom is -0.486 e. The number of halogens is 2. The van der Waals surface area contributed by atoms with Crippen LogP contribution in [0.25, 0.3) is 33.7 Å². The Balaban J connectivity index is 1.36. The van der Waals surface area contributed by atoms with Crippen molar-refractivity contribution in [2.75, 3.05) is 19.8 Å². The van der Waals surface area contributed by atoms with Crippen LogP contribution in [0.5, 0.6) is 11.5 Å². The maximum atomic E-state index is 15.7. The number of nitrogens with one attached hydrogen (secondary N) is 1. The number of carbonyl (C=O) groups is 1. The average Bonchev–Trinajstić information content (AvgIpc) is 3.49. The maximum Gasteiger partial charge on any atom is 0.304 e. The normalized spacial score (nSPS) is 16.3. The number of carboxylic acids is 1. The van der Waals surface area contributed by atoms with Crippen molar-refractivity contribution in [1.29, 1.82) is 0 Å². The van der Waals surface area contributed by atoms with Crippen molar-refractivity contribution in [3.8, 4) is 34.1 Å². The second-order valence-corrected chi connectivity index (χ2v) is 8.84. The van der Waals surface area contributed by atoms with Crippen molar-refractivity contribution in [3.05, 3.63) is 65.2 Å². The van der Waals surface area contributed by atoms with Gasteiger partial charge in [0.05, 0.1) is 12.0 Å². The molecule has 2 N–H and O–H groups in total. The molecule has 0 amide bonds. The summed E-state index contributed by atoms with van der Waals surface area (Å²) in [5.74, 6) is -0.800. The Kier molecular flexibility index (Phi) is 5.56. The molecule has 1 atom stereocenters. The van der Waals surface area contributed by atoms with Gasteiger partial charge < -0.3 is 24.3 Å². The Morgan fingerprint density at radius 1 is 1.06 bits per heavy atom. The lowest BCUT2D eigenvalue weighted by Gasteiger charge is -2.19. The second kappa shape index (κ2) is 8.91. The van der Waals surface area contributed by atoms with Gasteiger partial charge in [-0.2, -0.15) is 0 Å². The van der Waals surface area contributed by atoms with Gasteiger partial charge in [-0.3, -0.25) is 4.79 Å². The number of hydrogen-bond acceptors (Lipinski definition) is 6. The number of fused-ring (bicyclic) bond motifs is 3. The first-order valence-corrected chi connectivity index (χ1v) is 11.8. The fraction of sp³-hybridized carbons (Fsp3) is 0.259. The van der Waals surface area contributed by atoms with Crippen LogP contribution in [-0.2, 0) is 11.2 Å². The molecular formula is C27H22F2N2O5. The number of ether oxygens (including phenoxy) is 2. The Bertz CT molecular complexity index is 1500. The van der Waals surface area contributed by atoms with Crippen LogP contribution in [0.15, 0.2) is 46.9 Å². The summed E-state index contributed by atoms with van der Waals surface area (Å²) in [7, 11) is 0. The SMILES string of the molecule is O=C(O)CCN[C@@H]1CCc2c1cc1nc(-c3cccc(-c4ccc5c(c4)OCCO5)c3F)oc1c2F. The van der Waals surface area contributed by atoms with Crippen LogP contribution in [0.1, 0.15) is 30.0 Å². The molecule has 36 heavy (non-hydrogen) atoms. The van der Waals surface area contributed by atoms with E-state index in [2.05, 4.69) is 10.3 Å². The number of nitrogens with zero attached hydrogens (tertiary/aromatic N) is 1. The average molecular weight is 492 g/mol. The summed E-state index contributed by atoms with van der Waals surface area (Å²) in [6.45, 7) is 1.17. The van der Waals surface area contributed by atoms with Gasteiger partial charge in [0, 0.05) is 18.2 Å². The number of aliphatic carboxylic acids is 1. The Morgan fingerprint density at radius 2 is 1.86 bits per heavy atom. The third-order valence-corrected chi connectivity index (χ3v) is 6.63. The van der Waals surface area contributed by atoms with E-state index in [0.29, 0.717) is 54.2 Å². The van der Waals surface area contributed by atoms with Crippen LogP contribution < -0.4 is 14.8 Å². The van der Waals surface area contributed by atoms with E-state index in [1.54, 1.807) is 42.5 Å². The van der Waals surface area contributed by atoms with Gasteiger partial charge in [-0.15, -0.1) is 0 Å². The van der Waals surface area contributed by atoms with E-state index in [4.69, 9.17) is 19.0 Å². The van der Waals surface area contributed by atoms with Crippen LogP contribution >= 0.6 is 0 Å². The molecule has 2 aliphatic rings. The number of benzene rings is 3. The van der Waals surface area contributed by atoms with E-state index in [0.717, 1.165) is 5.56 Å². The Hall–Kier alpha value is -3.98. The minimum absolute atomic E-state index is 0.0140. The summed E-state index contributed by atoms with van der Waals surface area (Å²) in [6.07, 6.45) is 1.12. The van der Waals surface area contributed by atoms with Gasteiger partial charge in [0.1, 0.15) is 24.5 Å². The number of hydrogen-bond donors (Lipinski definition) is 2. The molecule has 1 aromatic heterocycles. The largest absolute Gasteiger partial charge is 0.486 e. The maximum absolute atomic E-state index is 15.7. The number of rotatable bonds is 6. The van der Waals surface area contributed by atoms with Crippen molar-refractivity contribution in [3.63, 3.8) is 0 Å². The van der Waals surface area contributed by atoms with Crippen LogP contribution in [0.4, 0.5) is 8.78 Å². The quantitative estimate of drug-likeness (QED) is 0.379. The van der Waals surface area contributed by atoms with Gasteiger partial charge in [0.2, 0.25) is 5.89 Å². The number of oxazole rings is 1. The topological polar surface area (TPSA) is 93.8 Å². The predicted octanol–water partition coefficient (Wildman–Crippen LogP) is 5.26. The van der Waals surface area contributed by atoms with E-state index in [-0.39, 0.29) is 41.6 Å². The van der Waals surface area contributed by atoms with E-state index in [9.17, 15) is 4.79 Å². The molecular weight excluding hydrogens is 470 g/mol. The molecule has 0 unspecified atom stereocenters. The zero-order valence-electron chi connectivity index (χ0n) is 19.1. The fourth-order valence-corrected chi connectivity index (χ4v) is 4.91. The van der Waals surface area contributed by atoms with Crippen LogP contribution in [0.2, 0.25) is 0 Å². The summed E-state index contributed by atoms with van der Waals surface area (Å²) in [5.41, 5.74) is 2.58. The number of carboxylic acid groups (broad SMARTS) is 1.